The second kappa shape index (κ2) is 9.92. The van der Waals surface area contributed by atoms with Crippen LogP contribution in [0, 0.1) is 5.92 Å². The number of ether oxygens (including phenoxy) is 2. The van der Waals surface area contributed by atoms with Crippen LogP contribution in [0.2, 0.25) is 0 Å². The molecule has 1 aromatic heterocycles. The van der Waals surface area contributed by atoms with Gasteiger partial charge in [-0.1, -0.05) is 18.2 Å². The van der Waals surface area contributed by atoms with Crippen LogP contribution in [0.1, 0.15) is 39.3 Å². The van der Waals surface area contributed by atoms with E-state index < -0.39 is 0 Å². The third-order valence-corrected chi connectivity index (χ3v) is 6.20. The van der Waals surface area contributed by atoms with Gasteiger partial charge in [-0.15, -0.1) is 0 Å². The van der Waals surface area contributed by atoms with Crippen LogP contribution in [0.25, 0.3) is 0 Å². The largest absolute Gasteiger partial charge is 0.459 e. The van der Waals surface area contributed by atoms with Crippen LogP contribution in [-0.2, 0) is 11.3 Å². The molecule has 9 heteroatoms. The highest BCUT2D eigenvalue weighted by atomic mass is 16.7. The molecule has 0 atom stereocenters. The molecule has 1 fully saturated rings. The molecule has 3 heterocycles. The minimum atomic E-state index is -0.294. The zero-order chi connectivity index (χ0) is 24.2. The van der Waals surface area contributed by atoms with Gasteiger partial charge in [0.15, 0.2) is 17.3 Å². The lowest BCUT2D eigenvalue weighted by molar-refractivity contribution is -0.121. The summed E-state index contributed by atoms with van der Waals surface area (Å²) in [6.07, 6.45) is 2.55. The Hall–Kier alpha value is -4.27. The number of nitrogens with zero attached hydrogens (tertiary/aromatic N) is 1. The molecule has 2 aliphatic heterocycles. The Balaban J connectivity index is 1.17. The topological polar surface area (TPSA) is 110 Å². The lowest BCUT2D eigenvalue weighted by Gasteiger charge is -2.30. The first-order chi connectivity index (χ1) is 17.1. The van der Waals surface area contributed by atoms with E-state index >= 15 is 0 Å². The molecular formula is C26H25N3O6. The molecular weight excluding hydrogens is 450 g/mol. The van der Waals surface area contributed by atoms with Gasteiger partial charge in [0, 0.05) is 25.6 Å². The van der Waals surface area contributed by atoms with E-state index in [0.29, 0.717) is 61.0 Å². The number of piperidine rings is 1. The van der Waals surface area contributed by atoms with Gasteiger partial charge in [-0.05, 0) is 54.8 Å². The molecule has 2 aliphatic rings. The molecule has 0 aliphatic carbocycles. The summed E-state index contributed by atoms with van der Waals surface area (Å²) in [4.78, 5) is 40.0. The number of carbonyl (C=O) groups is 3. The zero-order valence-electron chi connectivity index (χ0n) is 19.0. The lowest BCUT2D eigenvalue weighted by atomic mass is 9.95. The highest BCUT2D eigenvalue weighted by Crippen LogP contribution is 2.32. The van der Waals surface area contributed by atoms with E-state index in [-0.39, 0.29) is 30.4 Å². The first kappa shape index (κ1) is 22.5. The molecule has 2 N–H and O–H groups in total. The van der Waals surface area contributed by atoms with Crippen LogP contribution >= 0.6 is 0 Å². The maximum Gasteiger partial charge on any atom is 0.289 e. The molecule has 1 saturated heterocycles. The molecule has 5 rings (SSSR count). The molecule has 0 unspecified atom stereocenters. The number of likely N-dealkylation sites (tertiary alicyclic amines) is 1. The number of hydrogen-bond acceptors (Lipinski definition) is 6. The van der Waals surface area contributed by atoms with Crippen LogP contribution in [-0.4, -0.2) is 42.5 Å². The van der Waals surface area contributed by atoms with Gasteiger partial charge in [0.25, 0.3) is 11.8 Å². The van der Waals surface area contributed by atoms with Crippen molar-refractivity contribution in [3.63, 3.8) is 0 Å². The maximum atomic E-state index is 12.9. The summed E-state index contributed by atoms with van der Waals surface area (Å²) in [5.74, 6) is 0.765. The van der Waals surface area contributed by atoms with Crippen LogP contribution in [0.3, 0.4) is 0 Å². The Labute approximate surface area is 202 Å². The average Bonchev–Trinajstić information content (AvgIpc) is 3.59. The summed E-state index contributed by atoms with van der Waals surface area (Å²) in [5.41, 5.74) is 1.71. The first-order valence-corrected chi connectivity index (χ1v) is 11.5. The monoisotopic (exact) mass is 475 g/mol. The van der Waals surface area contributed by atoms with E-state index in [1.807, 2.05) is 18.2 Å². The fraction of sp³-hybridized carbons (Fsp3) is 0.269. The van der Waals surface area contributed by atoms with Gasteiger partial charge >= 0.3 is 0 Å². The Bertz CT molecular complexity index is 1230. The van der Waals surface area contributed by atoms with E-state index in [0.717, 1.165) is 5.56 Å². The van der Waals surface area contributed by atoms with Gasteiger partial charge in [0.1, 0.15) is 0 Å². The molecule has 35 heavy (non-hydrogen) atoms. The molecule has 0 radical (unpaired) electrons. The maximum absolute atomic E-state index is 12.9. The van der Waals surface area contributed by atoms with Crippen molar-refractivity contribution in [3.8, 4) is 11.5 Å². The SMILES string of the molecule is O=C(NCc1ccc2c(c1)OCO2)c1ccccc1NC(=O)C1CCN(C(=O)c2ccco2)CC1. The van der Waals surface area contributed by atoms with Crippen LogP contribution in [0.5, 0.6) is 11.5 Å². The molecule has 9 nitrogen and oxygen atoms in total. The number of nitrogens with one attached hydrogen (secondary N) is 2. The standard InChI is InChI=1S/C26H25N3O6/c30-24(18-9-11-29(12-10-18)26(32)22-6-3-13-33-22)28-20-5-2-1-4-19(20)25(31)27-15-17-7-8-21-23(14-17)35-16-34-21/h1-8,13-14,18H,9-12,15-16H2,(H,27,31)(H,28,30). The third kappa shape index (κ3) is 4.98. The second-order valence-electron chi connectivity index (χ2n) is 8.45. The van der Waals surface area contributed by atoms with Crippen molar-refractivity contribution in [2.45, 2.75) is 19.4 Å². The number of anilines is 1. The quantitative estimate of drug-likeness (QED) is 0.565. The predicted octanol–water partition coefficient (Wildman–Crippen LogP) is 3.43. The molecule has 2 aromatic carbocycles. The van der Waals surface area contributed by atoms with Crippen molar-refractivity contribution in [2.24, 2.45) is 5.92 Å². The van der Waals surface area contributed by atoms with Gasteiger partial charge in [0.2, 0.25) is 12.7 Å². The number of amides is 3. The van der Waals surface area contributed by atoms with Gasteiger partial charge in [-0.25, -0.2) is 0 Å². The number of carbonyl (C=O) groups excluding carboxylic acids is 3. The van der Waals surface area contributed by atoms with Crippen molar-refractivity contribution in [1.82, 2.24) is 10.2 Å². The van der Waals surface area contributed by atoms with Crippen LogP contribution in [0.4, 0.5) is 5.69 Å². The minimum Gasteiger partial charge on any atom is -0.459 e. The van der Waals surface area contributed by atoms with Crippen molar-refractivity contribution >= 4 is 23.4 Å². The Morgan fingerprint density at radius 3 is 2.54 bits per heavy atom. The number of para-hydroxylation sites is 1. The van der Waals surface area contributed by atoms with E-state index in [2.05, 4.69) is 10.6 Å². The Morgan fingerprint density at radius 1 is 0.943 bits per heavy atom. The summed E-state index contributed by atoms with van der Waals surface area (Å²) >= 11 is 0. The highest BCUT2D eigenvalue weighted by Gasteiger charge is 2.29. The normalized spacial score (nSPS) is 15.0. The smallest absolute Gasteiger partial charge is 0.289 e. The summed E-state index contributed by atoms with van der Waals surface area (Å²) in [5, 5.41) is 5.80. The summed E-state index contributed by atoms with van der Waals surface area (Å²) in [6, 6.07) is 15.7. The van der Waals surface area contributed by atoms with Crippen molar-refractivity contribution in [1.29, 1.82) is 0 Å². The molecule has 0 spiro atoms. The van der Waals surface area contributed by atoms with Crippen molar-refractivity contribution in [3.05, 3.63) is 77.7 Å². The van der Waals surface area contributed by atoms with Gasteiger partial charge < -0.3 is 29.4 Å². The lowest BCUT2D eigenvalue weighted by Crippen LogP contribution is -2.41. The number of furan rings is 1. The molecule has 3 aromatic rings. The van der Waals surface area contributed by atoms with E-state index in [1.165, 1.54) is 6.26 Å². The highest BCUT2D eigenvalue weighted by molar-refractivity contribution is 6.04. The number of hydrogen-bond donors (Lipinski definition) is 2. The summed E-state index contributed by atoms with van der Waals surface area (Å²) in [6.45, 7) is 1.43. The number of rotatable bonds is 6. The van der Waals surface area contributed by atoms with Crippen molar-refractivity contribution < 1.29 is 28.3 Å². The summed E-state index contributed by atoms with van der Waals surface area (Å²) in [7, 11) is 0. The van der Waals surface area contributed by atoms with Gasteiger partial charge in [0.05, 0.1) is 17.5 Å². The Morgan fingerprint density at radius 2 is 1.74 bits per heavy atom. The molecule has 3 amide bonds. The summed E-state index contributed by atoms with van der Waals surface area (Å²) < 4.78 is 15.9. The fourth-order valence-corrected chi connectivity index (χ4v) is 4.25. The molecule has 0 saturated carbocycles. The Kier molecular flexibility index (Phi) is 6.38. The van der Waals surface area contributed by atoms with E-state index in [9.17, 15) is 14.4 Å². The van der Waals surface area contributed by atoms with E-state index in [4.69, 9.17) is 13.9 Å². The number of benzene rings is 2. The van der Waals surface area contributed by atoms with Gasteiger partial charge in [-0.2, -0.15) is 0 Å². The minimum absolute atomic E-state index is 0.161. The average molecular weight is 476 g/mol. The second-order valence-corrected chi connectivity index (χ2v) is 8.45. The molecule has 0 bridgehead atoms. The fourth-order valence-electron chi connectivity index (χ4n) is 4.25. The van der Waals surface area contributed by atoms with Crippen LogP contribution in [0.15, 0.2) is 65.3 Å². The third-order valence-electron chi connectivity index (χ3n) is 6.20. The van der Waals surface area contributed by atoms with Crippen molar-refractivity contribution in [2.75, 3.05) is 25.2 Å². The molecule has 180 valence electrons. The first-order valence-electron chi connectivity index (χ1n) is 11.5. The number of fused-ring (bicyclic) bond motifs is 1. The van der Waals surface area contributed by atoms with Crippen LogP contribution < -0.4 is 20.1 Å². The van der Waals surface area contributed by atoms with E-state index in [1.54, 1.807) is 41.3 Å². The predicted molar refractivity (Wildman–Crippen MR) is 126 cm³/mol. The van der Waals surface area contributed by atoms with Gasteiger partial charge in [-0.3, -0.25) is 14.4 Å². The zero-order valence-corrected chi connectivity index (χ0v) is 19.0.